The third-order valence-corrected chi connectivity index (χ3v) is 5.55. The van der Waals surface area contributed by atoms with Gasteiger partial charge >= 0.3 is 0 Å². The molecule has 4 rings (SSSR count). The minimum atomic E-state index is -0.703. The number of aromatic nitrogens is 4. The van der Waals surface area contributed by atoms with Gasteiger partial charge in [-0.1, -0.05) is 86.6 Å². The molecule has 4 aromatic rings. The summed E-state index contributed by atoms with van der Waals surface area (Å²) >= 11 is 0. The van der Waals surface area contributed by atoms with Crippen LogP contribution in [0.4, 0.5) is 0 Å². The molecule has 184 valence electrons. The van der Waals surface area contributed by atoms with E-state index in [4.69, 9.17) is 4.74 Å². The van der Waals surface area contributed by atoms with E-state index in [9.17, 15) is 9.59 Å². The molecule has 36 heavy (non-hydrogen) atoms. The van der Waals surface area contributed by atoms with E-state index in [0.717, 1.165) is 11.1 Å². The van der Waals surface area contributed by atoms with E-state index >= 15 is 0 Å². The molecule has 0 aliphatic carbocycles. The average molecular weight is 484 g/mol. The zero-order valence-corrected chi connectivity index (χ0v) is 20.4. The number of Topliss-reactive ketones (excluding diaryl/α,β-unsaturated/α-hetero) is 1. The quantitative estimate of drug-likeness (QED) is 0.341. The van der Waals surface area contributed by atoms with Crippen LogP contribution < -0.4 is 10.1 Å². The van der Waals surface area contributed by atoms with Gasteiger partial charge in [0.2, 0.25) is 5.82 Å². The largest absolute Gasteiger partial charge is 0.488 e. The average Bonchev–Trinajstić information content (AvgIpc) is 3.36. The Balaban J connectivity index is 1.45. The third-order valence-electron chi connectivity index (χ3n) is 5.55. The summed E-state index contributed by atoms with van der Waals surface area (Å²) in [6.07, 6.45) is 0.484. The molecule has 1 N–H and O–H groups in total. The number of ketones is 1. The lowest BCUT2D eigenvalue weighted by Crippen LogP contribution is -2.43. The van der Waals surface area contributed by atoms with Gasteiger partial charge in [-0.15, -0.1) is 10.2 Å². The number of carbonyl (C=O) groups excluding carboxylic acids is 2. The fraction of sp³-hybridized carbons (Fsp3) is 0.250. The number of carbonyl (C=O) groups is 2. The summed E-state index contributed by atoms with van der Waals surface area (Å²) in [6, 6.07) is 25.5. The smallest absolute Gasteiger partial charge is 0.255 e. The lowest BCUT2D eigenvalue weighted by molar-refractivity contribution is -0.122. The molecule has 0 saturated carbocycles. The van der Waals surface area contributed by atoms with Crippen molar-refractivity contribution in [2.24, 2.45) is 5.92 Å². The Morgan fingerprint density at radius 1 is 0.917 bits per heavy atom. The summed E-state index contributed by atoms with van der Waals surface area (Å²) in [4.78, 5) is 27.7. The van der Waals surface area contributed by atoms with Crippen molar-refractivity contribution in [1.82, 2.24) is 25.5 Å². The van der Waals surface area contributed by atoms with Crippen molar-refractivity contribution >= 4 is 11.7 Å². The van der Waals surface area contributed by atoms with Crippen LogP contribution in [-0.4, -0.2) is 37.9 Å². The zero-order chi connectivity index (χ0) is 25.3. The van der Waals surface area contributed by atoms with Crippen molar-refractivity contribution in [2.45, 2.75) is 39.5 Å². The normalized spacial score (nSPS) is 11.8. The SMILES string of the molecule is CC(C)C[C@H](NC(=O)c1ccccc1OCc1ccccc1)C(=O)Cn1nnc(-c2ccccc2)n1. The van der Waals surface area contributed by atoms with Gasteiger partial charge in [-0.05, 0) is 35.2 Å². The van der Waals surface area contributed by atoms with Gasteiger partial charge in [-0.25, -0.2) is 0 Å². The summed E-state index contributed by atoms with van der Waals surface area (Å²) in [5.74, 6) is 0.524. The fourth-order valence-corrected chi connectivity index (χ4v) is 3.76. The first-order valence-corrected chi connectivity index (χ1v) is 11.9. The molecule has 1 atom stereocenters. The van der Waals surface area contributed by atoms with Crippen LogP contribution in [0.1, 0.15) is 36.2 Å². The molecule has 0 aliphatic rings. The number of rotatable bonds is 11. The van der Waals surface area contributed by atoms with E-state index < -0.39 is 6.04 Å². The molecule has 8 heteroatoms. The summed E-state index contributed by atoms with van der Waals surface area (Å²) in [6.45, 7) is 4.25. The van der Waals surface area contributed by atoms with Crippen LogP contribution in [0.5, 0.6) is 5.75 Å². The first-order valence-electron chi connectivity index (χ1n) is 11.9. The first kappa shape index (κ1) is 24.8. The number of para-hydroxylation sites is 1. The Morgan fingerprint density at radius 3 is 2.31 bits per heavy atom. The van der Waals surface area contributed by atoms with E-state index in [1.165, 1.54) is 4.80 Å². The monoisotopic (exact) mass is 483 g/mol. The molecule has 0 bridgehead atoms. The number of hydrogen-bond acceptors (Lipinski definition) is 6. The fourth-order valence-electron chi connectivity index (χ4n) is 3.76. The molecule has 0 saturated heterocycles. The Kier molecular flexibility index (Phi) is 8.18. The molecule has 0 fully saturated rings. The highest BCUT2D eigenvalue weighted by Crippen LogP contribution is 2.20. The van der Waals surface area contributed by atoms with Crippen LogP contribution in [0.15, 0.2) is 84.9 Å². The highest BCUT2D eigenvalue weighted by atomic mass is 16.5. The molecular weight excluding hydrogens is 454 g/mol. The number of nitrogens with zero attached hydrogens (tertiary/aromatic N) is 4. The van der Waals surface area contributed by atoms with Crippen molar-refractivity contribution in [3.05, 3.63) is 96.1 Å². The zero-order valence-electron chi connectivity index (χ0n) is 20.4. The molecule has 1 heterocycles. The maximum atomic E-state index is 13.2. The van der Waals surface area contributed by atoms with E-state index in [1.807, 2.05) is 80.6 Å². The second kappa shape index (κ2) is 11.9. The van der Waals surface area contributed by atoms with Crippen LogP contribution >= 0.6 is 0 Å². The van der Waals surface area contributed by atoms with E-state index in [-0.39, 0.29) is 24.2 Å². The Hall–Kier alpha value is -4.33. The second-order valence-electron chi connectivity index (χ2n) is 8.90. The van der Waals surface area contributed by atoms with Gasteiger partial charge in [0.1, 0.15) is 18.9 Å². The van der Waals surface area contributed by atoms with Gasteiger partial charge < -0.3 is 10.1 Å². The minimum absolute atomic E-state index is 0.0936. The number of nitrogens with one attached hydrogen (secondary N) is 1. The standard InChI is InChI=1S/C28H29N5O3/c1-20(2)17-24(25(34)18-33-31-27(30-32-33)22-13-7-4-8-14-22)29-28(35)23-15-9-10-16-26(23)36-19-21-11-5-3-6-12-21/h3-16,20,24H,17-19H2,1-2H3,(H,29,35)/t24-/m0/s1. The molecular formula is C28H29N5O3. The minimum Gasteiger partial charge on any atom is -0.488 e. The molecule has 0 aliphatic heterocycles. The number of tetrazole rings is 1. The van der Waals surface area contributed by atoms with E-state index in [1.54, 1.807) is 18.2 Å². The van der Waals surface area contributed by atoms with Crippen LogP contribution in [0, 0.1) is 5.92 Å². The predicted molar refractivity (Wildman–Crippen MR) is 136 cm³/mol. The summed E-state index contributed by atoms with van der Waals surface area (Å²) < 4.78 is 5.93. The van der Waals surface area contributed by atoms with Crippen LogP contribution in [0.25, 0.3) is 11.4 Å². The van der Waals surface area contributed by atoms with Crippen molar-refractivity contribution in [3.63, 3.8) is 0 Å². The maximum Gasteiger partial charge on any atom is 0.255 e. The number of benzene rings is 3. The Bertz CT molecular complexity index is 1290. The van der Waals surface area contributed by atoms with Crippen molar-refractivity contribution in [3.8, 4) is 17.1 Å². The molecule has 0 spiro atoms. The van der Waals surface area contributed by atoms with Gasteiger partial charge in [0.25, 0.3) is 5.91 Å². The van der Waals surface area contributed by atoms with Crippen molar-refractivity contribution in [1.29, 1.82) is 0 Å². The summed E-state index contributed by atoms with van der Waals surface area (Å²) in [5, 5.41) is 15.3. The topological polar surface area (TPSA) is 99.0 Å². The number of hydrogen-bond donors (Lipinski definition) is 1. The second-order valence-corrected chi connectivity index (χ2v) is 8.90. The van der Waals surface area contributed by atoms with Crippen LogP contribution in [0.2, 0.25) is 0 Å². The lowest BCUT2D eigenvalue weighted by Gasteiger charge is -2.20. The molecule has 1 amide bonds. The highest BCUT2D eigenvalue weighted by Gasteiger charge is 2.25. The van der Waals surface area contributed by atoms with Crippen molar-refractivity contribution < 1.29 is 14.3 Å². The Morgan fingerprint density at radius 2 is 1.58 bits per heavy atom. The van der Waals surface area contributed by atoms with Gasteiger partial charge in [0, 0.05) is 5.56 Å². The maximum absolute atomic E-state index is 13.2. The molecule has 0 unspecified atom stereocenters. The predicted octanol–water partition coefficient (Wildman–Crippen LogP) is 4.33. The first-order chi connectivity index (χ1) is 17.5. The lowest BCUT2D eigenvalue weighted by atomic mass is 9.99. The summed E-state index contributed by atoms with van der Waals surface area (Å²) in [5.41, 5.74) is 2.19. The third kappa shape index (κ3) is 6.63. The van der Waals surface area contributed by atoms with Gasteiger partial charge in [0.05, 0.1) is 11.6 Å². The molecule has 8 nitrogen and oxygen atoms in total. The Labute approximate surface area is 210 Å². The van der Waals surface area contributed by atoms with E-state index in [0.29, 0.717) is 30.2 Å². The molecule has 0 radical (unpaired) electrons. The molecule has 3 aromatic carbocycles. The van der Waals surface area contributed by atoms with Gasteiger partial charge in [-0.2, -0.15) is 4.80 Å². The van der Waals surface area contributed by atoms with Crippen LogP contribution in [-0.2, 0) is 17.9 Å². The number of amides is 1. The van der Waals surface area contributed by atoms with Crippen LogP contribution in [0.3, 0.4) is 0 Å². The number of ether oxygens (including phenoxy) is 1. The van der Waals surface area contributed by atoms with Gasteiger partial charge in [-0.3, -0.25) is 9.59 Å². The van der Waals surface area contributed by atoms with Crippen molar-refractivity contribution in [2.75, 3.05) is 0 Å². The van der Waals surface area contributed by atoms with Gasteiger partial charge in [0.15, 0.2) is 5.78 Å². The highest BCUT2D eigenvalue weighted by molar-refractivity contribution is 5.99. The van der Waals surface area contributed by atoms with E-state index in [2.05, 4.69) is 20.7 Å². The molecule has 1 aromatic heterocycles. The summed E-state index contributed by atoms with van der Waals surface area (Å²) in [7, 11) is 0.